The van der Waals surface area contributed by atoms with Gasteiger partial charge < -0.3 is 20.6 Å². The van der Waals surface area contributed by atoms with Crippen LogP contribution >= 0.6 is 0 Å². The lowest BCUT2D eigenvalue weighted by Gasteiger charge is -2.20. The molecule has 0 aliphatic carbocycles. The first-order chi connectivity index (χ1) is 21.5. The normalized spacial score (nSPS) is 14.2. The van der Waals surface area contributed by atoms with Gasteiger partial charge in [-0.1, -0.05) is 159 Å². The highest BCUT2D eigenvalue weighted by atomic mass is 16.3. The number of aliphatic hydroxyl groups is 3. The highest BCUT2D eigenvalue weighted by Gasteiger charge is 2.20. The molecule has 3 unspecified atom stereocenters. The van der Waals surface area contributed by atoms with E-state index < -0.39 is 18.2 Å². The fraction of sp³-hybridized carbons (Fsp3) is 0.821. The number of allylic oxidation sites excluding steroid dienone is 5. The molecule has 0 aromatic carbocycles. The van der Waals surface area contributed by atoms with E-state index in [1.54, 1.807) is 6.08 Å². The molecule has 0 aromatic rings. The van der Waals surface area contributed by atoms with Gasteiger partial charge in [-0.3, -0.25) is 4.79 Å². The van der Waals surface area contributed by atoms with Gasteiger partial charge in [-0.05, 0) is 51.4 Å². The van der Waals surface area contributed by atoms with Crippen molar-refractivity contribution in [2.45, 2.75) is 199 Å². The van der Waals surface area contributed by atoms with E-state index in [9.17, 15) is 20.1 Å². The molecule has 0 bridgehead atoms. The fourth-order valence-electron chi connectivity index (χ4n) is 5.45. The van der Waals surface area contributed by atoms with E-state index in [1.165, 1.54) is 103 Å². The maximum atomic E-state index is 12.3. The third-order valence-corrected chi connectivity index (χ3v) is 8.40. The summed E-state index contributed by atoms with van der Waals surface area (Å²) in [6.45, 7) is 4.13. The van der Waals surface area contributed by atoms with Crippen LogP contribution in [-0.2, 0) is 4.79 Å². The van der Waals surface area contributed by atoms with Gasteiger partial charge in [0.25, 0.3) is 0 Å². The van der Waals surface area contributed by atoms with Crippen LogP contribution in [0.1, 0.15) is 181 Å². The van der Waals surface area contributed by atoms with Crippen LogP contribution in [-0.4, -0.2) is 46.1 Å². The minimum atomic E-state index is -0.953. The summed E-state index contributed by atoms with van der Waals surface area (Å²) in [6.07, 6.45) is 41.4. The quantitative estimate of drug-likeness (QED) is 0.0435. The molecule has 0 aromatic heterocycles. The van der Waals surface area contributed by atoms with Crippen LogP contribution in [0.15, 0.2) is 36.5 Å². The van der Waals surface area contributed by atoms with Gasteiger partial charge in [-0.25, -0.2) is 0 Å². The zero-order chi connectivity index (χ0) is 32.4. The Kier molecular flexibility index (Phi) is 33.3. The van der Waals surface area contributed by atoms with E-state index in [-0.39, 0.29) is 18.9 Å². The molecular formula is C39H73NO4. The summed E-state index contributed by atoms with van der Waals surface area (Å²) >= 11 is 0. The molecule has 0 spiro atoms. The van der Waals surface area contributed by atoms with Crippen LogP contribution in [0, 0.1) is 0 Å². The van der Waals surface area contributed by atoms with E-state index in [2.05, 4.69) is 43.5 Å². The zero-order valence-corrected chi connectivity index (χ0v) is 29.0. The molecule has 0 saturated heterocycles. The molecular weight excluding hydrogens is 546 g/mol. The van der Waals surface area contributed by atoms with Gasteiger partial charge in [-0.2, -0.15) is 0 Å². The predicted octanol–water partition coefficient (Wildman–Crippen LogP) is 10.0. The van der Waals surface area contributed by atoms with Crippen molar-refractivity contribution >= 4 is 5.91 Å². The number of aliphatic hydroxyl groups excluding tert-OH is 3. The molecule has 1 amide bonds. The van der Waals surface area contributed by atoms with Crippen molar-refractivity contribution in [3.8, 4) is 0 Å². The van der Waals surface area contributed by atoms with Gasteiger partial charge in [0.2, 0.25) is 5.91 Å². The molecule has 0 heterocycles. The topological polar surface area (TPSA) is 89.8 Å². The smallest absolute Gasteiger partial charge is 0.222 e. The van der Waals surface area contributed by atoms with Gasteiger partial charge in [-0.15, -0.1) is 0 Å². The Morgan fingerprint density at radius 2 is 1.00 bits per heavy atom. The molecule has 3 atom stereocenters. The van der Waals surface area contributed by atoms with Crippen LogP contribution in [0.2, 0.25) is 0 Å². The maximum Gasteiger partial charge on any atom is 0.222 e. The molecule has 0 radical (unpaired) electrons. The molecule has 0 fully saturated rings. The molecule has 258 valence electrons. The number of unbranched alkanes of at least 4 members (excludes halogenated alkanes) is 20. The fourth-order valence-corrected chi connectivity index (χ4v) is 5.45. The predicted molar refractivity (Wildman–Crippen MR) is 190 cm³/mol. The monoisotopic (exact) mass is 620 g/mol. The summed E-state index contributed by atoms with van der Waals surface area (Å²) < 4.78 is 0. The zero-order valence-electron chi connectivity index (χ0n) is 29.0. The highest BCUT2D eigenvalue weighted by Crippen LogP contribution is 2.14. The lowest BCUT2D eigenvalue weighted by atomic mass is 10.0. The average molecular weight is 620 g/mol. The molecule has 0 aliphatic heterocycles. The Morgan fingerprint density at radius 3 is 1.52 bits per heavy atom. The number of carbonyl (C=O) groups excluding carboxylic acids is 1. The molecule has 5 heteroatoms. The summed E-state index contributed by atoms with van der Waals surface area (Å²) in [5, 5.41) is 32.9. The van der Waals surface area contributed by atoms with E-state index in [0.717, 1.165) is 51.4 Å². The number of hydrogen-bond acceptors (Lipinski definition) is 4. The van der Waals surface area contributed by atoms with Crippen LogP contribution in [0.5, 0.6) is 0 Å². The van der Waals surface area contributed by atoms with Crippen LogP contribution in [0.4, 0.5) is 0 Å². The standard InChI is InChI=1S/C39H73NO4/c1-3-5-7-9-11-13-14-15-16-17-18-19-20-21-22-23-25-27-29-31-33-38(43)37(35-41)40-39(44)34-36(42)32-30-28-26-24-12-10-8-6-4-2/h10,12,23,25,31,33,36-38,41-43H,3-9,11,13-22,24,26-30,32,34-35H2,1-2H3,(H,40,44)/b12-10-,25-23+,33-31+. The third-order valence-electron chi connectivity index (χ3n) is 8.40. The molecule has 4 N–H and O–H groups in total. The van der Waals surface area contributed by atoms with Gasteiger partial charge in [0.15, 0.2) is 0 Å². The highest BCUT2D eigenvalue weighted by molar-refractivity contribution is 5.76. The van der Waals surface area contributed by atoms with E-state index in [0.29, 0.717) is 6.42 Å². The summed E-state index contributed by atoms with van der Waals surface area (Å²) in [6, 6.07) is -0.763. The van der Waals surface area contributed by atoms with Gasteiger partial charge in [0.05, 0.1) is 31.3 Å². The Bertz CT molecular complexity index is 690. The van der Waals surface area contributed by atoms with Crippen molar-refractivity contribution in [1.29, 1.82) is 0 Å². The summed E-state index contributed by atoms with van der Waals surface area (Å²) in [5.41, 5.74) is 0. The van der Waals surface area contributed by atoms with Crippen molar-refractivity contribution in [3.63, 3.8) is 0 Å². The second-order valence-corrected chi connectivity index (χ2v) is 12.8. The van der Waals surface area contributed by atoms with Crippen molar-refractivity contribution in [2.24, 2.45) is 0 Å². The second kappa shape index (κ2) is 34.4. The molecule has 5 nitrogen and oxygen atoms in total. The van der Waals surface area contributed by atoms with Crippen molar-refractivity contribution in [1.82, 2.24) is 5.32 Å². The molecule has 0 saturated carbocycles. The minimum Gasteiger partial charge on any atom is -0.394 e. The Balaban J connectivity index is 3.76. The first-order valence-electron chi connectivity index (χ1n) is 18.8. The van der Waals surface area contributed by atoms with Crippen molar-refractivity contribution in [3.05, 3.63) is 36.5 Å². The van der Waals surface area contributed by atoms with Gasteiger partial charge in [0.1, 0.15) is 0 Å². The largest absolute Gasteiger partial charge is 0.394 e. The SMILES string of the molecule is CCCC/C=C\CCCCCC(O)CC(=O)NC(CO)C(O)/C=C/CC/C=C/CCCCCCCCCCCCCCCC. The van der Waals surface area contributed by atoms with Crippen molar-refractivity contribution < 1.29 is 20.1 Å². The number of amides is 1. The molecule has 0 aliphatic rings. The second-order valence-electron chi connectivity index (χ2n) is 12.8. The lowest BCUT2D eigenvalue weighted by molar-refractivity contribution is -0.124. The number of rotatable bonds is 33. The Hall–Kier alpha value is -1.43. The van der Waals surface area contributed by atoms with Crippen molar-refractivity contribution in [2.75, 3.05) is 6.61 Å². The van der Waals surface area contributed by atoms with Crippen LogP contribution in [0.3, 0.4) is 0 Å². The van der Waals surface area contributed by atoms with Crippen LogP contribution in [0.25, 0.3) is 0 Å². The first kappa shape index (κ1) is 42.6. The Morgan fingerprint density at radius 1 is 0.568 bits per heavy atom. The average Bonchev–Trinajstić information content (AvgIpc) is 3.01. The van der Waals surface area contributed by atoms with E-state index in [4.69, 9.17) is 0 Å². The molecule has 0 rings (SSSR count). The number of carbonyl (C=O) groups is 1. The minimum absolute atomic E-state index is 0.00599. The number of hydrogen-bond donors (Lipinski definition) is 4. The van der Waals surface area contributed by atoms with E-state index in [1.807, 2.05) is 6.08 Å². The molecule has 44 heavy (non-hydrogen) atoms. The summed E-state index contributed by atoms with van der Waals surface area (Å²) in [5.74, 6) is -0.339. The van der Waals surface area contributed by atoms with Gasteiger partial charge in [0, 0.05) is 0 Å². The van der Waals surface area contributed by atoms with Gasteiger partial charge >= 0.3 is 0 Å². The third kappa shape index (κ3) is 30.6. The maximum absolute atomic E-state index is 12.3. The van der Waals surface area contributed by atoms with Crippen LogP contribution < -0.4 is 5.32 Å². The van der Waals surface area contributed by atoms with E-state index >= 15 is 0 Å². The first-order valence-corrected chi connectivity index (χ1v) is 18.8. The lowest BCUT2D eigenvalue weighted by Crippen LogP contribution is -2.45. The number of nitrogens with one attached hydrogen (secondary N) is 1. The summed E-state index contributed by atoms with van der Waals surface area (Å²) in [4.78, 5) is 12.3. The summed E-state index contributed by atoms with van der Waals surface area (Å²) in [7, 11) is 0. The Labute approximate surface area is 273 Å².